The Morgan fingerprint density at radius 3 is 2.71 bits per heavy atom. The number of hydrogen-bond acceptors (Lipinski definition) is 7. The van der Waals surface area contributed by atoms with Crippen LogP contribution in [0.2, 0.25) is 5.02 Å². The molecule has 0 aliphatic carbocycles. The minimum absolute atomic E-state index is 0.0550. The molecule has 3 aromatic carbocycles. The SMILES string of the molecule is Cc1ccc2cc1CN1Cc3cc(ccc3OS1(=O)=O)OCCCCn1nnc3c(C)c(cc(Cl)c31)[C@@H]2CC(=O)O. The molecule has 2 atom stereocenters. The predicted octanol–water partition coefficient (Wildman–Crippen LogP) is 5.12. The smallest absolute Gasteiger partial charge is 0.385 e. The number of nitrogens with zero attached hydrogens (tertiary/aromatic N) is 4. The number of aromatic nitrogens is 3. The zero-order valence-corrected chi connectivity index (χ0v) is 24.2. The summed E-state index contributed by atoms with van der Waals surface area (Å²) in [6, 6.07) is 12.6. The molecule has 0 saturated carbocycles. The number of hydrogen-bond donors (Lipinski definition) is 1. The summed E-state index contributed by atoms with van der Waals surface area (Å²) >= 11 is 6.80. The van der Waals surface area contributed by atoms with Crippen LogP contribution in [0.25, 0.3) is 11.0 Å². The lowest BCUT2D eigenvalue weighted by Gasteiger charge is -2.29. The lowest BCUT2D eigenvalue weighted by atomic mass is 9.84. The lowest BCUT2D eigenvalue weighted by Crippen LogP contribution is -2.37. The van der Waals surface area contributed by atoms with Crippen molar-refractivity contribution in [2.24, 2.45) is 0 Å². The van der Waals surface area contributed by atoms with E-state index in [0.29, 0.717) is 40.5 Å². The third-order valence-corrected chi connectivity index (χ3v) is 9.40. The highest BCUT2D eigenvalue weighted by Gasteiger charge is 2.33. The van der Waals surface area contributed by atoms with Gasteiger partial charge in [-0.3, -0.25) is 4.79 Å². The molecular weight excluding hydrogens is 568 g/mol. The maximum Gasteiger partial charge on any atom is 0.385 e. The number of carbonyl (C=O) groups is 1. The average Bonchev–Trinajstić information content (AvgIpc) is 3.35. The second kappa shape index (κ2) is 10.6. The number of ether oxygens (including phenoxy) is 1. The van der Waals surface area contributed by atoms with E-state index in [1.165, 1.54) is 4.31 Å². The van der Waals surface area contributed by atoms with Crippen molar-refractivity contribution in [1.82, 2.24) is 19.3 Å². The summed E-state index contributed by atoms with van der Waals surface area (Å²) in [5.74, 6) is -0.590. The van der Waals surface area contributed by atoms with E-state index in [9.17, 15) is 18.3 Å². The first kappa shape index (κ1) is 27.5. The third-order valence-electron chi connectivity index (χ3n) is 7.83. The van der Waals surface area contributed by atoms with Crippen molar-refractivity contribution >= 4 is 38.9 Å². The monoisotopic (exact) mass is 596 g/mol. The van der Waals surface area contributed by atoms with Crippen molar-refractivity contribution in [3.63, 3.8) is 0 Å². The van der Waals surface area contributed by atoms with Crippen LogP contribution in [0.1, 0.15) is 58.6 Å². The van der Waals surface area contributed by atoms with E-state index in [4.69, 9.17) is 20.5 Å². The number of aryl methyl sites for hydroxylation is 3. The fraction of sp³-hybridized carbons (Fsp3) is 0.345. The van der Waals surface area contributed by atoms with Gasteiger partial charge in [-0.1, -0.05) is 35.0 Å². The molecule has 0 amide bonds. The highest BCUT2D eigenvalue weighted by Crippen LogP contribution is 2.38. The first-order valence-corrected chi connectivity index (χ1v) is 15.1. The molecule has 0 spiro atoms. The van der Waals surface area contributed by atoms with Gasteiger partial charge in [0.25, 0.3) is 0 Å². The lowest BCUT2D eigenvalue weighted by molar-refractivity contribution is -0.137. The molecule has 1 N–H and O–H groups in total. The Labute approximate surface area is 242 Å². The molecule has 4 heterocycles. The summed E-state index contributed by atoms with van der Waals surface area (Å²) in [5, 5.41) is 19.1. The molecule has 0 saturated heterocycles. The van der Waals surface area contributed by atoms with Gasteiger partial charge in [0.2, 0.25) is 0 Å². The number of aliphatic carboxylic acids is 1. The topological polar surface area (TPSA) is 124 Å². The summed E-state index contributed by atoms with van der Waals surface area (Å²) in [7, 11) is -4.05. The molecule has 0 fully saturated rings. The molecule has 41 heavy (non-hydrogen) atoms. The molecule has 3 aliphatic heterocycles. The third kappa shape index (κ3) is 5.25. The summed E-state index contributed by atoms with van der Waals surface area (Å²) < 4.78 is 40.7. The van der Waals surface area contributed by atoms with E-state index < -0.39 is 22.2 Å². The molecule has 4 aromatic rings. The second-order valence-electron chi connectivity index (χ2n) is 10.6. The summed E-state index contributed by atoms with van der Waals surface area (Å²) in [6.45, 7) is 5.03. The van der Waals surface area contributed by atoms with Crippen molar-refractivity contribution in [2.45, 2.75) is 58.7 Å². The van der Waals surface area contributed by atoms with Crippen LogP contribution in [0.3, 0.4) is 0 Å². The zero-order valence-electron chi connectivity index (χ0n) is 22.6. The van der Waals surface area contributed by atoms with Crippen molar-refractivity contribution in [3.8, 4) is 11.5 Å². The van der Waals surface area contributed by atoms with Gasteiger partial charge < -0.3 is 14.0 Å². The molecule has 12 heteroatoms. The van der Waals surface area contributed by atoms with E-state index in [-0.39, 0.29) is 25.3 Å². The van der Waals surface area contributed by atoms with Gasteiger partial charge in [0.1, 0.15) is 22.5 Å². The molecule has 0 radical (unpaired) electrons. The zero-order chi connectivity index (χ0) is 28.9. The Balaban J connectivity index is 1.50. The highest BCUT2D eigenvalue weighted by molar-refractivity contribution is 7.84. The quantitative estimate of drug-likeness (QED) is 0.338. The van der Waals surface area contributed by atoms with E-state index in [0.717, 1.165) is 40.7 Å². The molecule has 1 aromatic heterocycles. The van der Waals surface area contributed by atoms with Crippen LogP contribution in [0.15, 0.2) is 42.5 Å². The number of rotatable bonds is 2. The Kier molecular flexibility index (Phi) is 7.13. The van der Waals surface area contributed by atoms with Gasteiger partial charge in [-0.05, 0) is 78.8 Å². The Bertz CT molecular complexity index is 1790. The maximum absolute atomic E-state index is 13.1. The first-order valence-electron chi connectivity index (χ1n) is 13.4. The van der Waals surface area contributed by atoms with Crippen LogP contribution >= 0.6 is 11.6 Å². The predicted molar refractivity (Wildman–Crippen MR) is 153 cm³/mol. The molecular formula is C29H29ClN4O6S. The largest absolute Gasteiger partial charge is 0.494 e. The standard InChI is InChI=1S/C29H29ClN4O6S/c1-17-5-6-19-11-20(17)15-33-16-21-12-22(7-8-26(21)40-41(33,37)38)39-10-4-3-9-34-29-25(30)13-23(24(19)14-27(35)36)18(2)28(29)31-32-34/h5-8,11-13,24H,3-4,9-10,14-16H2,1-2H3,(H,35,36)/t24-/m1/s1. The Morgan fingerprint density at radius 1 is 1.10 bits per heavy atom. The summed E-state index contributed by atoms with van der Waals surface area (Å²) in [4.78, 5) is 12.1. The van der Waals surface area contributed by atoms with Crippen molar-refractivity contribution in [2.75, 3.05) is 6.61 Å². The molecule has 214 valence electrons. The van der Waals surface area contributed by atoms with Gasteiger partial charge in [-0.2, -0.15) is 12.7 Å². The number of benzene rings is 3. The number of fused-ring (bicyclic) bond motifs is 5. The molecule has 7 rings (SSSR count). The van der Waals surface area contributed by atoms with Crippen LogP contribution < -0.4 is 8.92 Å². The average molecular weight is 597 g/mol. The van der Waals surface area contributed by atoms with Crippen LogP contribution in [0.4, 0.5) is 0 Å². The van der Waals surface area contributed by atoms with Gasteiger partial charge >= 0.3 is 16.3 Å². The molecule has 10 nitrogen and oxygen atoms in total. The van der Waals surface area contributed by atoms with Crippen molar-refractivity contribution < 1.29 is 27.2 Å². The van der Waals surface area contributed by atoms with Gasteiger partial charge in [-0.15, -0.1) is 5.10 Å². The van der Waals surface area contributed by atoms with Gasteiger partial charge in [0, 0.05) is 31.1 Å². The minimum Gasteiger partial charge on any atom is -0.494 e. The summed E-state index contributed by atoms with van der Waals surface area (Å²) in [6.07, 6.45) is 1.34. The van der Waals surface area contributed by atoms with Crippen molar-refractivity contribution in [3.05, 3.63) is 80.9 Å². The fourth-order valence-corrected chi connectivity index (χ4v) is 6.99. The van der Waals surface area contributed by atoms with Crippen LogP contribution in [-0.2, 0) is 34.7 Å². The molecule has 9 bridgehead atoms. The van der Waals surface area contributed by atoms with E-state index in [1.54, 1.807) is 16.8 Å². The number of halogens is 1. The molecule has 1 unspecified atom stereocenters. The van der Waals surface area contributed by atoms with Gasteiger partial charge in [0.05, 0.1) is 18.1 Å². The molecule has 3 aliphatic rings. The Hall–Kier alpha value is -3.67. The van der Waals surface area contributed by atoms with E-state index >= 15 is 0 Å². The van der Waals surface area contributed by atoms with Crippen molar-refractivity contribution in [1.29, 1.82) is 0 Å². The Morgan fingerprint density at radius 2 is 1.90 bits per heavy atom. The second-order valence-corrected chi connectivity index (χ2v) is 12.5. The summed E-state index contributed by atoms with van der Waals surface area (Å²) in [5.41, 5.74) is 5.95. The van der Waals surface area contributed by atoms with Crippen LogP contribution in [0, 0.1) is 13.8 Å². The maximum atomic E-state index is 13.1. The van der Waals surface area contributed by atoms with E-state index in [2.05, 4.69) is 10.3 Å². The van der Waals surface area contributed by atoms with Crippen LogP contribution in [0.5, 0.6) is 11.5 Å². The number of carboxylic acid groups (broad SMARTS) is 1. The van der Waals surface area contributed by atoms with Crippen LogP contribution in [-0.4, -0.2) is 45.4 Å². The fourth-order valence-electron chi connectivity index (χ4n) is 5.60. The van der Waals surface area contributed by atoms with E-state index in [1.807, 2.05) is 44.2 Å². The minimum atomic E-state index is -4.05. The number of carboxylic acids is 1. The van der Waals surface area contributed by atoms with Gasteiger partial charge in [0.15, 0.2) is 0 Å². The normalized spacial score (nSPS) is 20.1. The first-order chi connectivity index (χ1) is 19.6. The highest BCUT2D eigenvalue weighted by atomic mass is 35.5. The van der Waals surface area contributed by atoms with Gasteiger partial charge in [-0.25, -0.2) is 4.68 Å².